The van der Waals surface area contributed by atoms with Gasteiger partial charge >= 0.3 is 11.9 Å². The predicted molar refractivity (Wildman–Crippen MR) is 80.7 cm³/mol. The molecular formula is C14H17ClF2N2O4. The number of hydrogen-bond acceptors (Lipinski definition) is 5. The molecule has 1 atom stereocenters. The van der Waals surface area contributed by atoms with Crippen molar-refractivity contribution in [3.05, 3.63) is 39.4 Å². The van der Waals surface area contributed by atoms with Crippen molar-refractivity contribution in [2.75, 3.05) is 6.61 Å². The Hall–Kier alpha value is -1.80. The van der Waals surface area contributed by atoms with E-state index in [0.717, 1.165) is 6.07 Å². The normalized spacial score (nSPS) is 20.2. The summed E-state index contributed by atoms with van der Waals surface area (Å²) in [4.78, 5) is 21.8. The standard InChI is InChI=1S/C14H16F2N2O4.ClH/c1-2-22-12(19)14(15,16)13(17)7-3-4-9-5-6-10(18(20)21)8-11(9)13;/h5-6,8H,2-4,7,17H2,1H3;1H/t13-;/m1./s1. The SMILES string of the molecule is CCOC(=O)C(F)(F)[C@@]1(N)CCCc2ccc([N+](=O)[O-])cc21.Cl. The van der Waals surface area contributed by atoms with Crippen LogP contribution in [0.1, 0.15) is 30.9 Å². The number of ether oxygens (including phenoxy) is 1. The number of nitro benzene ring substituents is 1. The summed E-state index contributed by atoms with van der Waals surface area (Å²) in [7, 11) is 0. The lowest BCUT2D eigenvalue weighted by Crippen LogP contribution is -2.59. The minimum atomic E-state index is -3.96. The minimum absolute atomic E-state index is 0. The van der Waals surface area contributed by atoms with Gasteiger partial charge in [-0.3, -0.25) is 10.1 Å². The zero-order valence-electron chi connectivity index (χ0n) is 12.4. The maximum Gasteiger partial charge on any atom is 0.379 e. The average Bonchev–Trinajstić information content (AvgIpc) is 2.47. The second-order valence-corrected chi connectivity index (χ2v) is 5.22. The number of fused-ring (bicyclic) bond motifs is 1. The first-order valence-corrected chi connectivity index (χ1v) is 6.85. The van der Waals surface area contributed by atoms with Crippen LogP contribution in [0.3, 0.4) is 0 Å². The van der Waals surface area contributed by atoms with Crippen molar-refractivity contribution in [1.82, 2.24) is 0 Å². The molecule has 1 aliphatic rings. The Morgan fingerprint density at radius 3 is 2.74 bits per heavy atom. The summed E-state index contributed by atoms with van der Waals surface area (Å²) in [5, 5.41) is 10.9. The van der Waals surface area contributed by atoms with Crippen LogP contribution in [0.4, 0.5) is 14.5 Å². The Balaban J connectivity index is 0.00000264. The van der Waals surface area contributed by atoms with Crippen molar-refractivity contribution in [2.24, 2.45) is 5.73 Å². The second kappa shape index (κ2) is 6.76. The van der Waals surface area contributed by atoms with Crippen LogP contribution < -0.4 is 5.73 Å². The molecule has 0 saturated heterocycles. The number of esters is 1. The van der Waals surface area contributed by atoms with Gasteiger partial charge in [0.05, 0.1) is 11.5 Å². The fraction of sp³-hybridized carbons (Fsp3) is 0.500. The van der Waals surface area contributed by atoms with Gasteiger partial charge in [-0.25, -0.2) is 4.79 Å². The molecule has 128 valence electrons. The van der Waals surface area contributed by atoms with Crippen molar-refractivity contribution in [2.45, 2.75) is 37.6 Å². The molecule has 2 N–H and O–H groups in total. The number of benzene rings is 1. The van der Waals surface area contributed by atoms with Gasteiger partial charge in [-0.15, -0.1) is 12.4 Å². The van der Waals surface area contributed by atoms with Crippen LogP contribution in [0.15, 0.2) is 18.2 Å². The number of nitrogens with two attached hydrogens (primary N) is 1. The van der Waals surface area contributed by atoms with Crippen LogP contribution in [0.25, 0.3) is 0 Å². The van der Waals surface area contributed by atoms with Crippen LogP contribution in [-0.4, -0.2) is 23.4 Å². The van der Waals surface area contributed by atoms with E-state index in [4.69, 9.17) is 5.73 Å². The van der Waals surface area contributed by atoms with Crippen molar-refractivity contribution < 1.29 is 23.2 Å². The summed E-state index contributed by atoms with van der Waals surface area (Å²) < 4.78 is 33.4. The lowest BCUT2D eigenvalue weighted by atomic mass is 9.73. The van der Waals surface area contributed by atoms with E-state index in [1.165, 1.54) is 19.1 Å². The van der Waals surface area contributed by atoms with E-state index in [2.05, 4.69) is 4.74 Å². The molecule has 1 aromatic rings. The van der Waals surface area contributed by atoms with Crippen molar-refractivity contribution >= 4 is 24.1 Å². The molecular weight excluding hydrogens is 334 g/mol. The lowest BCUT2D eigenvalue weighted by molar-refractivity contribution is -0.385. The summed E-state index contributed by atoms with van der Waals surface area (Å²) in [6, 6.07) is 3.68. The van der Waals surface area contributed by atoms with Crippen molar-refractivity contribution in [3.63, 3.8) is 0 Å². The summed E-state index contributed by atoms with van der Waals surface area (Å²) in [6.45, 7) is 1.21. The number of nitrogens with zero attached hydrogens (tertiary/aromatic N) is 1. The number of nitro groups is 1. The number of alkyl halides is 2. The van der Waals surface area contributed by atoms with E-state index >= 15 is 0 Å². The van der Waals surface area contributed by atoms with Gasteiger partial charge in [0.25, 0.3) is 5.69 Å². The Morgan fingerprint density at radius 1 is 1.52 bits per heavy atom. The van der Waals surface area contributed by atoms with Crippen molar-refractivity contribution in [1.29, 1.82) is 0 Å². The second-order valence-electron chi connectivity index (χ2n) is 5.22. The van der Waals surface area contributed by atoms with Gasteiger partial charge in [-0.2, -0.15) is 8.78 Å². The molecule has 0 spiro atoms. The molecule has 0 aliphatic heterocycles. The van der Waals surface area contributed by atoms with E-state index < -0.39 is 22.4 Å². The van der Waals surface area contributed by atoms with Crippen LogP contribution in [0.2, 0.25) is 0 Å². The number of carbonyl (C=O) groups excluding carboxylic acids is 1. The molecule has 0 unspecified atom stereocenters. The number of carbonyl (C=O) groups is 1. The van der Waals surface area contributed by atoms with Gasteiger partial charge in [0, 0.05) is 12.1 Å². The van der Waals surface area contributed by atoms with E-state index in [9.17, 15) is 23.7 Å². The molecule has 0 fully saturated rings. The van der Waals surface area contributed by atoms with E-state index in [-0.39, 0.29) is 36.7 Å². The third-order valence-corrected chi connectivity index (χ3v) is 3.89. The van der Waals surface area contributed by atoms with Gasteiger partial charge in [-0.1, -0.05) is 6.07 Å². The number of non-ortho nitro benzene ring substituents is 1. The fourth-order valence-electron chi connectivity index (χ4n) is 2.73. The molecule has 2 rings (SSSR count). The molecule has 1 aromatic carbocycles. The van der Waals surface area contributed by atoms with Gasteiger partial charge in [0.2, 0.25) is 0 Å². The number of rotatable bonds is 4. The Bertz CT molecular complexity index is 627. The third-order valence-electron chi connectivity index (χ3n) is 3.89. The highest BCUT2D eigenvalue weighted by Crippen LogP contribution is 2.45. The highest BCUT2D eigenvalue weighted by atomic mass is 35.5. The predicted octanol–water partition coefficient (Wildman–Crippen LogP) is 2.71. The highest BCUT2D eigenvalue weighted by molar-refractivity contribution is 5.85. The molecule has 0 aromatic heterocycles. The van der Waals surface area contributed by atoms with Gasteiger partial charge in [0.1, 0.15) is 5.54 Å². The van der Waals surface area contributed by atoms with Crippen molar-refractivity contribution in [3.8, 4) is 0 Å². The molecule has 0 bridgehead atoms. The number of aryl methyl sites for hydroxylation is 1. The molecule has 0 radical (unpaired) electrons. The smallest absolute Gasteiger partial charge is 0.379 e. The summed E-state index contributed by atoms with van der Waals surface area (Å²) in [5.41, 5.74) is 3.66. The maximum atomic E-state index is 14.5. The first kappa shape index (κ1) is 19.2. The van der Waals surface area contributed by atoms with Gasteiger partial charge in [-0.05, 0) is 37.3 Å². The Morgan fingerprint density at radius 2 is 2.17 bits per heavy atom. The van der Waals surface area contributed by atoms with Gasteiger partial charge < -0.3 is 10.5 Å². The highest BCUT2D eigenvalue weighted by Gasteiger charge is 2.60. The Labute approximate surface area is 137 Å². The molecule has 6 nitrogen and oxygen atoms in total. The lowest BCUT2D eigenvalue weighted by Gasteiger charge is -2.39. The zero-order valence-corrected chi connectivity index (χ0v) is 13.2. The van der Waals surface area contributed by atoms with E-state index in [1.54, 1.807) is 0 Å². The number of halogens is 3. The van der Waals surface area contributed by atoms with E-state index in [1.807, 2.05) is 0 Å². The Kier molecular flexibility index (Phi) is 5.65. The summed E-state index contributed by atoms with van der Waals surface area (Å²) in [5.74, 6) is -5.68. The van der Waals surface area contributed by atoms with E-state index in [0.29, 0.717) is 18.4 Å². The maximum absolute atomic E-state index is 14.5. The van der Waals surface area contributed by atoms with Crippen LogP contribution in [-0.2, 0) is 21.5 Å². The van der Waals surface area contributed by atoms with Crippen LogP contribution in [0.5, 0.6) is 0 Å². The molecule has 1 aliphatic carbocycles. The van der Waals surface area contributed by atoms with Crippen LogP contribution >= 0.6 is 12.4 Å². The third kappa shape index (κ3) is 3.13. The minimum Gasteiger partial charge on any atom is -0.461 e. The molecule has 9 heteroatoms. The topological polar surface area (TPSA) is 95.5 Å². The monoisotopic (exact) mass is 350 g/mol. The molecule has 0 amide bonds. The first-order valence-electron chi connectivity index (χ1n) is 6.85. The quantitative estimate of drug-likeness (QED) is 0.511. The largest absolute Gasteiger partial charge is 0.461 e. The first-order chi connectivity index (χ1) is 10.2. The van der Waals surface area contributed by atoms with Gasteiger partial charge in [0.15, 0.2) is 0 Å². The molecule has 0 heterocycles. The van der Waals surface area contributed by atoms with Crippen LogP contribution in [0, 0.1) is 10.1 Å². The average molecular weight is 351 g/mol. The molecule has 0 saturated carbocycles. The zero-order chi connectivity index (χ0) is 16.5. The summed E-state index contributed by atoms with van der Waals surface area (Å²) in [6.07, 6.45) is 0.675. The molecule has 23 heavy (non-hydrogen) atoms. The number of hydrogen-bond donors (Lipinski definition) is 1. The fourth-order valence-corrected chi connectivity index (χ4v) is 2.73. The summed E-state index contributed by atoms with van der Waals surface area (Å²) >= 11 is 0.